The SMILES string of the molecule is C[C@@H](NC(=O)Nc1ccc(SCCN(C)C)cc1)C1CC1. The number of nitrogens with zero attached hydrogens (tertiary/aromatic N) is 1. The fourth-order valence-electron chi connectivity index (χ4n) is 2.07. The average molecular weight is 307 g/mol. The predicted molar refractivity (Wildman–Crippen MR) is 90.1 cm³/mol. The molecule has 1 aromatic rings. The number of hydrogen-bond donors (Lipinski definition) is 2. The lowest BCUT2D eigenvalue weighted by Gasteiger charge is -2.14. The molecule has 2 N–H and O–H groups in total. The van der Waals surface area contributed by atoms with Crippen LogP contribution in [0.25, 0.3) is 0 Å². The molecule has 0 aliphatic heterocycles. The molecule has 4 nitrogen and oxygen atoms in total. The van der Waals surface area contributed by atoms with Crippen LogP contribution in [0.3, 0.4) is 0 Å². The van der Waals surface area contributed by atoms with Crippen molar-refractivity contribution < 1.29 is 4.79 Å². The summed E-state index contributed by atoms with van der Waals surface area (Å²) in [6, 6.07) is 8.19. The highest BCUT2D eigenvalue weighted by molar-refractivity contribution is 7.99. The minimum absolute atomic E-state index is 0.109. The number of anilines is 1. The second-order valence-electron chi connectivity index (χ2n) is 5.90. The number of urea groups is 1. The van der Waals surface area contributed by atoms with Gasteiger partial charge in [-0.25, -0.2) is 4.79 Å². The molecule has 2 rings (SSSR count). The van der Waals surface area contributed by atoms with Crippen LogP contribution in [0.2, 0.25) is 0 Å². The third-order valence-corrected chi connectivity index (χ3v) is 4.60. The van der Waals surface area contributed by atoms with E-state index in [9.17, 15) is 4.79 Å². The van der Waals surface area contributed by atoms with Crippen LogP contribution < -0.4 is 10.6 Å². The lowest BCUT2D eigenvalue weighted by atomic mass is 10.2. The zero-order valence-electron chi connectivity index (χ0n) is 13.1. The van der Waals surface area contributed by atoms with Crippen molar-refractivity contribution in [2.24, 2.45) is 5.92 Å². The van der Waals surface area contributed by atoms with E-state index in [0.717, 1.165) is 18.0 Å². The quantitative estimate of drug-likeness (QED) is 0.760. The number of benzene rings is 1. The van der Waals surface area contributed by atoms with Gasteiger partial charge in [-0.3, -0.25) is 0 Å². The van der Waals surface area contributed by atoms with Crippen LogP contribution in [0.4, 0.5) is 10.5 Å². The molecular formula is C16H25N3OS. The van der Waals surface area contributed by atoms with Gasteiger partial charge in [-0.05, 0) is 64.0 Å². The average Bonchev–Trinajstić information content (AvgIpc) is 3.24. The van der Waals surface area contributed by atoms with Crippen molar-refractivity contribution in [3.8, 4) is 0 Å². The lowest BCUT2D eigenvalue weighted by Crippen LogP contribution is -2.37. The van der Waals surface area contributed by atoms with Crippen molar-refractivity contribution in [2.45, 2.75) is 30.7 Å². The summed E-state index contributed by atoms with van der Waals surface area (Å²) in [6.45, 7) is 3.13. The maximum Gasteiger partial charge on any atom is 0.319 e. The first-order valence-corrected chi connectivity index (χ1v) is 8.48. The van der Waals surface area contributed by atoms with E-state index in [1.807, 2.05) is 23.9 Å². The number of hydrogen-bond acceptors (Lipinski definition) is 3. The lowest BCUT2D eigenvalue weighted by molar-refractivity contribution is 0.248. The van der Waals surface area contributed by atoms with Crippen LogP contribution in [0, 0.1) is 5.92 Å². The Bertz CT molecular complexity index is 457. The Morgan fingerprint density at radius 2 is 2.00 bits per heavy atom. The number of amides is 2. The second kappa shape index (κ2) is 7.71. The van der Waals surface area contributed by atoms with E-state index in [1.165, 1.54) is 17.7 Å². The molecule has 1 atom stereocenters. The summed E-state index contributed by atoms with van der Waals surface area (Å²) in [4.78, 5) is 15.3. The highest BCUT2D eigenvalue weighted by atomic mass is 32.2. The van der Waals surface area contributed by atoms with Gasteiger partial charge in [0.15, 0.2) is 0 Å². The highest BCUT2D eigenvalue weighted by Gasteiger charge is 2.28. The summed E-state index contributed by atoms with van der Waals surface area (Å²) in [5.74, 6) is 1.74. The largest absolute Gasteiger partial charge is 0.335 e. The number of rotatable bonds is 7. The standard InChI is InChI=1S/C16H25N3OS/c1-12(13-4-5-13)17-16(20)18-14-6-8-15(9-7-14)21-11-10-19(2)3/h6-9,12-13H,4-5,10-11H2,1-3H3,(H2,17,18,20)/t12-/m1/s1. The van der Waals surface area contributed by atoms with E-state index in [4.69, 9.17) is 0 Å². The molecule has 0 aromatic heterocycles. The topological polar surface area (TPSA) is 44.4 Å². The van der Waals surface area contributed by atoms with Gasteiger partial charge in [0.25, 0.3) is 0 Å². The van der Waals surface area contributed by atoms with Gasteiger partial charge >= 0.3 is 6.03 Å². The van der Waals surface area contributed by atoms with Crippen LogP contribution in [0.15, 0.2) is 29.2 Å². The summed E-state index contributed by atoms with van der Waals surface area (Å²) in [6.07, 6.45) is 2.47. The van der Waals surface area contributed by atoms with E-state index >= 15 is 0 Å². The van der Waals surface area contributed by atoms with Gasteiger partial charge in [-0.15, -0.1) is 11.8 Å². The molecule has 5 heteroatoms. The molecule has 2 amide bonds. The van der Waals surface area contributed by atoms with Crippen LogP contribution in [0.5, 0.6) is 0 Å². The van der Waals surface area contributed by atoms with Crippen LogP contribution in [-0.4, -0.2) is 43.4 Å². The van der Waals surface area contributed by atoms with E-state index in [1.54, 1.807) is 0 Å². The molecule has 1 aliphatic carbocycles. The molecule has 0 saturated heterocycles. The number of nitrogens with one attached hydrogen (secondary N) is 2. The van der Waals surface area contributed by atoms with Gasteiger partial charge < -0.3 is 15.5 Å². The third kappa shape index (κ3) is 5.98. The van der Waals surface area contributed by atoms with Gasteiger partial charge in [0.2, 0.25) is 0 Å². The molecule has 0 unspecified atom stereocenters. The fraction of sp³-hybridized carbons (Fsp3) is 0.562. The maximum absolute atomic E-state index is 11.9. The summed E-state index contributed by atoms with van der Waals surface area (Å²) >= 11 is 1.83. The zero-order valence-corrected chi connectivity index (χ0v) is 13.9. The van der Waals surface area contributed by atoms with Crippen molar-refractivity contribution in [1.82, 2.24) is 10.2 Å². The Morgan fingerprint density at radius 3 is 2.57 bits per heavy atom. The summed E-state index contributed by atoms with van der Waals surface area (Å²) in [7, 11) is 4.16. The van der Waals surface area contributed by atoms with E-state index in [0.29, 0.717) is 5.92 Å². The minimum Gasteiger partial charge on any atom is -0.335 e. The molecule has 21 heavy (non-hydrogen) atoms. The van der Waals surface area contributed by atoms with Crippen molar-refractivity contribution in [1.29, 1.82) is 0 Å². The molecule has 1 fully saturated rings. The Balaban J connectivity index is 1.74. The van der Waals surface area contributed by atoms with Gasteiger partial charge in [-0.2, -0.15) is 0 Å². The monoisotopic (exact) mass is 307 g/mol. The first-order valence-electron chi connectivity index (χ1n) is 7.49. The summed E-state index contributed by atoms with van der Waals surface area (Å²) in [5, 5.41) is 5.88. The molecule has 0 spiro atoms. The van der Waals surface area contributed by atoms with Gasteiger partial charge in [0.1, 0.15) is 0 Å². The Kier molecular flexibility index (Phi) is 5.94. The normalized spacial score (nSPS) is 15.8. The van der Waals surface area contributed by atoms with Crippen molar-refractivity contribution in [3.05, 3.63) is 24.3 Å². The van der Waals surface area contributed by atoms with Crippen molar-refractivity contribution >= 4 is 23.5 Å². The van der Waals surface area contributed by atoms with Gasteiger partial charge in [0, 0.05) is 28.9 Å². The summed E-state index contributed by atoms with van der Waals surface area (Å²) < 4.78 is 0. The highest BCUT2D eigenvalue weighted by Crippen LogP contribution is 2.32. The smallest absolute Gasteiger partial charge is 0.319 e. The van der Waals surface area contributed by atoms with Crippen LogP contribution in [0.1, 0.15) is 19.8 Å². The fourth-order valence-corrected chi connectivity index (χ4v) is 3.09. The molecule has 116 valence electrons. The van der Waals surface area contributed by atoms with E-state index in [-0.39, 0.29) is 12.1 Å². The molecule has 0 radical (unpaired) electrons. The van der Waals surface area contributed by atoms with Gasteiger partial charge in [-0.1, -0.05) is 0 Å². The Hall–Kier alpha value is -1.20. The molecule has 0 bridgehead atoms. The molecule has 1 saturated carbocycles. The molecule has 1 aromatic carbocycles. The molecular weight excluding hydrogens is 282 g/mol. The van der Waals surface area contributed by atoms with Gasteiger partial charge in [0.05, 0.1) is 0 Å². The third-order valence-electron chi connectivity index (χ3n) is 3.61. The van der Waals surface area contributed by atoms with Crippen LogP contribution in [-0.2, 0) is 0 Å². The molecule has 0 heterocycles. The molecule has 1 aliphatic rings. The van der Waals surface area contributed by atoms with Crippen LogP contribution >= 0.6 is 11.8 Å². The first kappa shape index (κ1) is 16.2. The Morgan fingerprint density at radius 1 is 1.33 bits per heavy atom. The maximum atomic E-state index is 11.9. The van der Waals surface area contributed by atoms with E-state index < -0.39 is 0 Å². The number of thioether (sulfide) groups is 1. The summed E-state index contributed by atoms with van der Waals surface area (Å²) in [5.41, 5.74) is 0.840. The number of carbonyl (C=O) groups excluding carboxylic acids is 1. The first-order chi connectivity index (χ1) is 10.0. The second-order valence-corrected chi connectivity index (χ2v) is 7.07. The minimum atomic E-state index is -0.109. The zero-order chi connectivity index (χ0) is 15.2. The van der Waals surface area contributed by atoms with E-state index in [2.05, 4.69) is 48.7 Å². The Labute approximate surface area is 131 Å². The van der Waals surface area contributed by atoms with Crippen molar-refractivity contribution in [2.75, 3.05) is 31.7 Å². The predicted octanol–water partition coefficient (Wildman–Crippen LogP) is 3.26. The number of carbonyl (C=O) groups is 1. The van der Waals surface area contributed by atoms with Crippen molar-refractivity contribution in [3.63, 3.8) is 0 Å².